The average Bonchev–Trinajstić information content (AvgIpc) is 3.21. The van der Waals surface area contributed by atoms with Gasteiger partial charge in [-0.15, -0.1) is 4.76 Å². The Morgan fingerprint density at radius 2 is 2.07 bits per heavy atom. The number of nitrogens with zero attached hydrogens (tertiary/aromatic N) is 3. The molecule has 2 fully saturated rings. The van der Waals surface area contributed by atoms with Crippen LogP contribution in [0.15, 0.2) is 28.7 Å². The lowest BCUT2D eigenvalue weighted by Crippen LogP contribution is -2.36. The fourth-order valence-electron chi connectivity index (χ4n) is 3.74. The van der Waals surface area contributed by atoms with E-state index < -0.39 is 13.9 Å². The second-order valence-electron chi connectivity index (χ2n) is 7.61. The van der Waals surface area contributed by atoms with Gasteiger partial charge in [0.1, 0.15) is 6.10 Å². The molecule has 29 heavy (non-hydrogen) atoms. The molecule has 0 radical (unpaired) electrons. The fourth-order valence-corrected chi connectivity index (χ4v) is 4.67. The van der Waals surface area contributed by atoms with Crippen LogP contribution in [0.3, 0.4) is 0 Å². The van der Waals surface area contributed by atoms with Gasteiger partial charge in [-0.1, -0.05) is 12.7 Å². The molecule has 0 bridgehead atoms. The molecule has 1 amide bonds. The zero-order valence-corrected chi connectivity index (χ0v) is 18.1. The van der Waals surface area contributed by atoms with E-state index in [1.54, 1.807) is 37.9 Å². The van der Waals surface area contributed by atoms with E-state index in [4.69, 9.17) is 14.0 Å². The van der Waals surface area contributed by atoms with Crippen LogP contribution in [0.1, 0.15) is 13.3 Å². The van der Waals surface area contributed by atoms with Crippen molar-refractivity contribution in [2.24, 2.45) is 10.7 Å². The largest absolute Gasteiger partial charge is 0.454 e. The number of guanidine groups is 1. The van der Waals surface area contributed by atoms with Crippen molar-refractivity contribution in [3.63, 3.8) is 0 Å². The minimum absolute atomic E-state index is 0.138. The Bertz CT molecular complexity index is 772. The van der Waals surface area contributed by atoms with E-state index in [1.807, 2.05) is 6.08 Å². The summed E-state index contributed by atoms with van der Waals surface area (Å²) in [5, 5.41) is 2.74. The Labute approximate surface area is 170 Å². The normalized spacial score (nSPS) is 32.3. The molecular formula is C18H29N4O6P. The van der Waals surface area contributed by atoms with E-state index in [-0.39, 0.29) is 30.6 Å². The highest BCUT2D eigenvalue weighted by molar-refractivity contribution is 7.51. The van der Waals surface area contributed by atoms with Gasteiger partial charge in [-0.05, 0) is 6.92 Å². The molecule has 5 atom stereocenters. The smallest absolute Gasteiger partial charge is 0.379 e. The van der Waals surface area contributed by atoms with Crippen LogP contribution in [0.25, 0.3) is 0 Å². The molecule has 3 aliphatic rings. The van der Waals surface area contributed by atoms with Gasteiger partial charge in [-0.25, -0.2) is 4.57 Å². The van der Waals surface area contributed by atoms with Crippen LogP contribution in [0.4, 0.5) is 0 Å². The Morgan fingerprint density at radius 3 is 2.69 bits per heavy atom. The molecule has 2 N–H and O–H groups in total. The van der Waals surface area contributed by atoms with E-state index in [0.29, 0.717) is 23.7 Å². The Hall–Kier alpha value is -1.71. The lowest BCUT2D eigenvalue weighted by Gasteiger charge is -2.27. The Kier molecular flexibility index (Phi) is 6.50. The molecule has 0 aromatic rings. The highest BCUT2D eigenvalue weighted by atomic mass is 31.2. The third-order valence-electron chi connectivity index (χ3n) is 5.47. The number of carbonyl (C=O) groups excluding carboxylic acids is 1. The van der Waals surface area contributed by atoms with Crippen molar-refractivity contribution in [3.8, 4) is 0 Å². The molecule has 0 spiro atoms. The molecule has 0 aromatic carbocycles. The maximum atomic E-state index is 12.5. The number of ether oxygens (including phenoxy) is 2. The maximum Gasteiger partial charge on any atom is 0.454 e. The number of rotatable bonds is 6. The summed E-state index contributed by atoms with van der Waals surface area (Å²) in [5.41, 5.74) is 1.16. The SMILES string of the molecule is C=C1NC(=O)C(C)=CC1[C@H]1C[C@@H](OC)[C@@H](COP(=O)(O)N=C2N(C)CCN2C)O1. The van der Waals surface area contributed by atoms with Crippen LogP contribution in [0.5, 0.6) is 0 Å². The van der Waals surface area contributed by atoms with Crippen LogP contribution in [-0.2, 0) is 23.4 Å². The summed E-state index contributed by atoms with van der Waals surface area (Å²) >= 11 is 0. The molecule has 11 heteroatoms. The minimum Gasteiger partial charge on any atom is -0.379 e. The van der Waals surface area contributed by atoms with Gasteiger partial charge in [0.25, 0.3) is 5.91 Å². The zero-order chi connectivity index (χ0) is 21.3. The molecule has 2 saturated heterocycles. The summed E-state index contributed by atoms with van der Waals surface area (Å²) in [6, 6.07) is 0. The zero-order valence-electron chi connectivity index (χ0n) is 17.2. The van der Waals surface area contributed by atoms with Crippen molar-refractivity contribution in [1.82, 2.24) is 15.1 Å². The maximum absolute atomic E-state index is 12.5. The van der Waals surface area contributed by atoms with E-state index in [9.17, 15) is 14.3 Å². The number of nitrogens with one attached hydrogen (secondary N) is 1. The number of likely N-dealkylation sites (N-methyl/N-ethyl adjacent to an activating group) is 2. The van der Waals surface area contributed by atoms with Gasteiger partial charge in [0.2, 0.25) is 5.96 Å². The highest BCUT2D eigenvalue weighted by Gasteiger charge is 2.42. The summed E-state index contributed by atoms with van der Waals surface area (Å²) in [5.74, 6) is 0.0473. The van der Waals surface area contributed by atoms with Gasteiger partial charge in [0.05, 0.1) is 18.8 Å². The third kappa shape index (κ3) is 4.90. The third-order valence-corrected chi connectivity index (χ3v) is 6.39. The second kappa shape index (κ2) is 8.57. The first-order chi connectivity index (χ1) is 13.6. The van der Waals surface area contributed by atoms with E-state index in [2.05, 4.69) is 16.7 Å². The highest BCUT2D eigenvalue weighted by Crippen LogP contribution is 2.45. The molecule has 10 nitrogen and oxygen atoms in total. The predicted molar refractivity (Wildman–Crippen MR) is 107 cm³/mol. The van der Waals surface area contributed by atoms with Crippen LogP contribution >= 0.6 is 7.75 Å². The van der Waals surface area contributed by atoms with Crippen molar-refractivity contribution in [1.29, 1.82) is 0 Å². The molecule has 3 aliphatic heterocycles. The first-order valence-electron chi connectivity index (χ1n) is 9.48. The standard InChI is InChI=1S/C18H29N4O6P/c1-11-8-13(12(2)19-17(11)23)14-9-15(26-5)16(28-14)10-27-29(24,25)20-18-21(3)6-7-22(18)4/h8,13-16H,2,6-7,9-10H2,1,3-5H3,(H,19,23)(H,24,25)/t13?,14-,15-,16-/m1/s1. The van der Waals surface area contributed by atoms with Crippen molar-refractivity contribution >= 4 is 19.6 Å². The first-order valence-corrected chi connectivity index (χ1v) is 11.0. The average molecular weight is 428 g/mol. The van der Waals surface area contributed by atoms with Gasteiger partial charge < -0.3 is 29.5 Å². The second-order valence-corrected chi connectivity index (χ2v) is 9.05. The number of hydrogen-bond donors (Lipinski definition) is 2. The topological polar surface area (TPSA) is 113 Å². The monoisotopic (exact) mass is 428 g/mol. The number of carbonyl (C=O) groups is 1. The predicted octanol–water partition coefficient (Wildman–Crippen LogP) is 0.715. The lowest BCUT2D eigenvalue weighted by atomic mass is 9.91. The van der Waals surface area contributed by atoms with E-state index in [0.717, 1.165) is 13.1 Å². The van der Waals surface area contributed by atoms with Crippen LogP contribution in [-0.4, -0.2) is 85.8 Å². The molecule has 162 valence electrons. The van der Waals surface area contributed by atoms with Crippen molar-refractivity contribution in [2.75, 3.05) is 40.9 Å². The Balaban J connectivity index is 1.65. The number of amides is 1. The molecule has 3 rings (SSSR count). The Morgan fingerprint density at radius 1 is 1.41 bits per heavy atom. The lowest BCUT2D eigenvalue weighted by molar-refractivity contribution is -0.117. The summed E-state index contributed by atoms with van der Waals surface area (Å²) < 4.78 is 33.2. The van der Waals surface area contributed by atoms with E-state index in [1.165, 1.54) is 0 Å². The van der Waals surface area contributed by atoms with Crippen LogP contribution in [0, 0.1) is 5.92 Å². The fraction of sp³-hybridized carbons (Fsp3) is 0.667. The molecular weight excluding hydrogens is 399 g/mol. The van der Waals surface area contributed by atoms with Crippen LogP contribution in [0.2, 0.25) is 0 Å². The van der Waals surface area contributed by atoms with Gasteiger partial charge in [-0.2, -0.15) is 0 Å². The summed E-state index contributed by atoms with van der Waals surface area (Å²) in [7, 11) is 0.963. The van der Waals surface area contributed by atoms with Crippen molar-refractivity contribution in [3.05, 3.63) is 23.9 Å². The molecule has 0 aliphatic carbocycles. The quantitative estimate of drug-likeness (QED) is 0.595. The molecule has 3 heterocycles. The molecule has 0 aromatic heterocycles. The summed E-state index contributed by atoms with van der Waals surface area (Å²) in [6.07, 6.45) is 1.24. The van der Waals surface area contributed by atoms with Gasteiger partial charge in [0.15, 0.2) is 0 Å². The summed E-state index contributed by atoms with van der Waals surface area (Å²) in [6.45, 7) is 6.96. The summed E-state index contributed by atoms with van der Waals surface area (Å²) in [4.78, 5) is 25.5. The van der Waals surface area contributed by atoms with Crippen LogP contribution < -0.4 is 5.32 Å². The van der Waals surface area contributed by atoms with E-state index >= 15 is 0 Å². The van der Waals surface area contributed by atoms with Crippen molar-refractivity contribution < 1.29 is 28.3 Å². The minimum atomic E-state index is -4.21. The number of hydrogen-bond acceptors (Lipinski definition) is 5. The first kappa shape index (κ1) is 22.0. The van der Waals surface area contributed by atoms with Gasteiger partial charge >= 0.3 is 7.75 Å². The van der Waals surface area contributed by atoms with Crippen molar-refractivity contribution in [2.45, 2.75) is 31.7 Å². The van der Waals surface area contributed by atoms with Gasteiger partial charge in [0, 0.05) is 57.9 Å². The van der Waals surface area contributed by atoms with Gasteiger partial charge in [-0.3, -0.25) is 9.32 Å². The molecule has 2 unspecified atom stereocenters. The number of methoxy groups -OCH3 is 1. The molecule has 0 saturated carbocycles.